The van der Waals surface area contributed by atoms with E-state index in [1.807, 2.05) is 82.3 Å². The number of benzene rings is 1. The molecule has 23 heavy (non-hydrogen) atoms. The number of fused-ring (bicyclic) bond motifs is 1. The van der Waals surface area contributed by atoms with Gasteiger partial charge in [0.1, 0.15) is 5.65 Å². The Bertz CT molecular complexity index is 952. The Kier molecular flexibility index (Phi) is 3.16. The highest BCUT2D eigenvalue weighted by molar-refractivity contribution is 6.04. The van der Waals surface area contributed by atoms with E-state index in [0.717, 1.165) is 17.0 Å². The van der Waals surface area contributed by atoms with Gasteiger partial charge in [-0.2, -0.15) is 0 Å². The topological polar surface area (TPSA) is 51.3 Å². The van der Waals surface area contributed by atoms with Crippen LogP contribution in [0.3, 0.4) is 0 Å². The summed E-state index contributed by atoms with van der Waals surface area (Å²) in [5.74, 6) is -0.136. The molecule has 0 aliphatic carbocycles. The maximum Gasteiger partial charge on any atom is 0.255 e. The second-order valence-corrected chi connectivity index (χ2v) is 5.20. The summed E-state index contributed by atoms with van der Waals surface area (Å²) < 4.78 is 3.86. The molecule has 5 heteroatoms. The number of nitrogens with one attached hydrogen (secondary N) is 1. The Balaban J connectivity index is 1.54. The standard InChI is InChI=1S/C18H14N4O/c23-18(20-15-5-8-17-19-9-12-22(17)13-15)14-3-6-16(7-4-14)21-10-1-2-11-21/h1-13H,(H,20,23). The average Bonchev–Trinajstić information content (AvgIpc) is 3.26. The molecule has 0 fully saturated rings. The Hall–Kier alpha value is -3.34. The predicted octanol–water partition coefficient (Wildman–Crippen LogP) is 3.38. The summed E-state index contributed by atoms with van der Waals surface area (Å²) in [7, 11) is 0. The van der Waals surface area contributed by atoms with Crippen LogP contribution in [0.25, 0.3) is 11.3 Å². The Morgan fingerprint density at radius 2 is 1.74 bits per heavy atom. The number of amides is 1. The first-order valence-corrected chi connectivity index (χ1v) is 7.27. The van der Waals surface area contributed by atoms with Crippen molar-refractivity contribution in [2.45, 2.75) is 0 Å². The van der Waals surface area contributed by atoms with E-state index in [2.05, 4.69) is 10.3 Å². The zero-order valence-corrected chi connectivity index (χ0v) is 12.3. The molecule has 0 saturated heterocycles. The summed E-state index contributed by atoms with van der Waals surface area (Å²) in [5.41, 5.74) is 3.21. The lowest BCUT2D eigenvalue weighted by atomic mass is 10.2. The first kappa shape index (κ1) is 13.3. The molecule has 0 radical (unpaired) electrons. The summed E-state index contributed by atoms with van der Waals surface area (Å²) >= 11 is 0. The van der Waals surface area contributed by atoms with Crippen LogP contribution in [0.2, 0.25) is 0 Å². The molecular formula is C18H14N4O. The molecule has 0 saturated carbocycles. The second kappa shape index (κ2) is 5.46. The highest BCUT2D eigenvalue weighted by Crippen LogP contribution is 2.14. The molecule has 4 aromatic rings. The van der Waals surface area contributed by atoms with E-state index in [-0.39, 0.29) is 5.91 Å². The van der Waals surface area contributed by atoms with Crippen molar-refractivity contribution in [1.29, 1.82) is 0 Å². The van der Waals surface area contributed by atoms with E-state index in [1.54, 1.807) is 6.20 Å². The number of carbonyl (C=O) groups is 1. The van der Waals surface area contributed by atoms with Crippen LogP contribution in [-0.2, 0) is 0 Å². The lowest BCUT2D eigenvalue weighted by Gasteiger charge is -2.07. The van der Waals surface area contributed by atoms with Crippen molar-refractivity contribution in [3.8, 4) is 5.69 Å². The normalized spacial score (nSPS) is 10.8. The first-order valence-electron chi connectivity index (χ1n) is 7.27. The molecule has 112 valence electrons. The maximum atomic E-state index is 12.3. The van der Waals surface area contributed by atoms with Gasteiger partial charge in [0.15, 0.2) is 0 Å². The van der Waals surface area contributed by atoms with Crippen LogP contribution < -0.4 is 5.32 Å². The summed E-state index contributed by atoms with van der Waals surface area (Å²) in [6.45, 7) is 0. The summed E-state index contributed by atoms with van der Waals surface area (Å²) in [6, 6.07) is 15.1. The van der Waals surface area contributed by atoms with Crippen molar-refractivity contribution in [1.82, 2.24) is 14.0 Å². The molecule has 1 amide bonds. The van der Waals surface area contributed by atoms with Crippen LogP contribution in [-0.4, -0.2) is 19.9 Å². The van der Waals surface area contributed by atoms with Gasteiger partial charge < -0.3 is 14.3 Å². The highest BCUT2D eigenvalue weighted by atomic mass is 16.1. The minimum atomic E-state index is -0.136. The number of imidazole rings is 1. The minimum absolute atomic E-state index is 0.136. The van der Waals surface area contributed by atoms with E-state index in [1.165, 1.54) is 0 Å². The SMILES string of the molecule is O=C(Nc1ccc2nccn2c1)c1ccc(-n2cccc2)cc1. The van der Waals surface area contributed by atoms with E-state index >= 15 is 0 Å². The van der Waals surface area contributed by atoms with Gasteiger partial charge in [0.05, 0.1) is 5.69 Å². The van der Waals surface area contributed by atoms with Crippen LogP contribution in [0.5, 0.6) is 0 Å². The monoisotopic (exact) mass is 302 g/mol. The van der Waals surface area contributed by atoms with E-state index in [9.17, 15) is 4.79 Å². The Morgan fingerprint density at radius 3 is 2.52 bits per heavy atom. The molecule has 1 aromatic carbocycles. The van der Waals surface area contributed by atoms with Crippen LogP contribution >= 0.6 is 0 Å². The average molecular weight is 302 g/mol. The third kappa shape index (κ3) is 2.60. The molecular weight excluding hydrogens is 288 g/mol. The number of anilines is 1. The minimum Gasteiger partial charge on any atom is -0.324 e. The molecule has 3 aromatic heterocycles. The van der Waals surface area contributed by atoms with Gasteiger partial charge in [-0.05, 0) is 48.5 Å². The molecule has 1 N–H and O–H groups in total. The zero-order chi connectivity index (χ0) is 15.6. The largest absolute Gasteiger partial charge is 0.324 e. The molecule has 0 bridgehead atoms. The number of aromatic nitrogens is 3. The fourth-order valence-electron chi connectivity index (χ4n) is 2.49. The maximum absolute atomic E-state index is 12.3. The molecule has 0 atom stereocenters. The number of pyridine rings is 1. The third-order valence-corrected chi connectivity index (χ3v) is 3.68. The number of carbonyl (C=O) groups excluding carboxylic acids is 1. The molecule has 0 aliphatic rings. The molecule has 0 unspecified atom stereocenters. The van der Waals surface area contributed by atoms with Crippen molar-refractivity contribution < 1.29 is 4.79 Å². The van der Waals surface area contributed by atoms with Crippen LogP contribution in [0.4, 0.5) is 5.69 Å². The number of rotatable bonds is 3. The van der Waals surface area contributed by atoms with Crippen LogP contribution in [0, 0.1) is 0 Å². The molecule has 3 heterocycles. The van der Waals surface area contributed by atoms with Crippen molar-refractivity contribution in [2.75, 3.05) is 5.32 Å². The Labute approximate surface area is 132 Å². The number of hydrogen-bond donors (Lipinski definition) is 1. The number of hydrogen-bond acceptors (Lipinski definition) is 2. The van der Waals surface area contributed by atoms with Gasteiger partial charge in [-0.15, -0.1) is 0 Å². The lowest BCUT2D eigenvalue weighted by Crippen LogP contribution is -2.12. The van der Waals surface area contributed by atoms with E-state index < -0.39 is 0 Å². The van der Waals surface area contributed by atoms with Crippen molar-refractivity contribution in [2.24, 2.45) is 0 Å². The van der Waals surface area contributed by atoms with Gasteiger partial charge in [-0.25, -0.2) is 4.98 Å². The highest BCUT2D eigenvalue weighted by Gasteiger charge is 2.07. The predicted molar refractivity (Wildman–Crippen MR) is 88.9 cm³/mol. The van der Waals surface area contributed by atoms with Crippen LogP contribution in [0.15, 0.2) is 79.5 Å². The van der Waals surface area contributed by atoms with Gasteiger partial charge in [0.25, 0.3) is 5.91 Å². The van der Waals surface area contributed by atoms with Crippen LogP contribution in [0.1, 0.15) is 10.4 Å². The lowest BCUT2D eigenvalue weighted by molar-refractivity contribution is 0.102. The van der Waals surface area contributed by atoms with Crippen molar-refractivity contribution >= 4 is 17.2 Å². The molecule has 0 spiro atoms. The van der Waals surface area contributed by atoms with Gasteiger partial charge in [0, 0.05) is 42.2 Å². The van der Waals surface area contributed by atoms with Crippen molar-refractivity contribution in [3.63, 3.8) is 0 Å². The third-order valence-electron chi connectivity index (χ3n) is 3.68. The fraction of sp³-hybridized carbons (Fsp3) is 0. The quantitative estimate of drug-likeness (QED) is 0.631. The van der Waals surface area contributed by atoms with Gasteiger partial charge in [-0.3, -0.25) is 4.79 Å². The molecule has 0 aliphatic heterocycles. The fourth-order valence-corrected chi connectivity index (χ4v) is 2.49. The second-order valence-electron chi connectivity index (χ2n) is 5.20. The first-order chi connectivity index (χ1) is 11.3. The summed E-state index contributed by atoms with van der Waals surface area (Å²) in [5, 5.41) is 2.90. The summed E-state index contributed by atoms with van der Waals surface area (Å²) in [6.07, 6.45) is 9.34. The Morgan fingerprint density at radius 1 is 0.957 bits per heavy atom. The number of nitrogens with zero attached hydrogens (tertiary/aromatic N) is 3. The van der Waals surface area contributed by atoms with Crippen molar-refractivity contribution in [3.05, 3.63) is 85.1 Å². The summed E-state index contributed by atoms with van der Waals surface area (Å²) in [4.78, 5) is 16.5. The van der Waals surface area contributed by atoms with Gasteiger partial charge >= 0.3 is 0 Å². The smallest absolute Gasteiger partial charge is 0.255 e. The molecule has 4 rings (SSSR count). The van der Waals surface area contributed by atoms with E-state index in [4.69, 9.17) is 0 Å². The van der Waals surface area contributed by atoms with Gasteiger partial charge in [0.2, 0.25) is 0 Å². The zero-order valence-electron chi connectivity index (χ0n) is 12.3. The van der Waals surface area contributed by atoms with Gasteiger partial charge in [-0.1, -0.05) is 0 Å². The molecule has 5 nitrogen and oxygen atoms in total. The van der Waals surface area contributed by atoms with E-state index in [0.29, 0.717) is 5.56 Å².